The van der Waals surface area contributed by atoms with Gasteiger partial charge in [0.15, 0.2) is 0 Å². The Hall–Kier alpha value is -1.07. The number of para-hydroxylation sites is 1. The lowest BCUT2D eigenvalue weighted by molar-refractivity contribution is 0.391. The van der Waals surface area contributed by atoms with Crippen molar-refractivity contribution in [2.24, 2.45) is 5.92 Å². The molecular weight excluding hydrogens is 284 g/mol. The van der Waals surface area contributed by atoms with Gasteiger partial charge < -0.3 is 10.6 Å². The van der Waals surface area contributed by atoms with E-state index in [1.807, 2.05) is 0 Å². The van der Waals surface area contributed by atoms with Gasteiger partial charge in [-0.1, -0.05) is 18.2 Å². The zero-order valence-electron chi connectivity index (χ0n) is 12.3. The summed E-state index contributed by atoms with van der Waals surface area (Å²) in [5, 5.41) is 7.16. The molecule has 21 heavy (non-hydrogen) atoms. The Bertz CT molecular complexity index is 572. The normalized spacial score (nSPS) is 25.6. The number of nitrogens with one attached hydrogen (secondary N) is 2. The van der Waals surface area contributed by atoms with Crippen molar-refractivity contribution in [2.75, 3.05) is 29.9 Å². The number of hydrogen-bond acceptors (Lipinski definition) is 4. The number of anilines is 1. The molecule has 4 nitrogen and oxygen atoms in total. The molecular formula is C16H24N2O2S. The molecule has 0 aliphatic carbocycles. The third kappa shape index (κ3) is 3.77. The van der Waals surface area contributed by atoms with Gasteiger partial charge in [-0.25, -0.2) is 8.42 Å². The minimum Gasteiger partial charge on any atom is -0.385 e. The van der Waals surface area contributed by atoms with E-state index in [4.69, 9.17) is 0 Å². The van der Waals surface area contributed by atoms with Crippen molar-refractivity contribution in [3.05, 3.63) is 29.8 Å². The lowest BCUT2D eigenvalue weighted by Crippen LogP contribution is -2.32. The van der Waals surface area contributed by atoms with E-state index in [2.05, 4.69) is 34.9 Å². The van der Waals surface area contributed by atoms with Crippen LogP contribution >= 0.6 is 0 Å². The first kappa shape index (κ1) is 14.9. The molecule has 0 bridgehead atoms. The molecule has 1 saturated heterocycles. The van der Waals surface area contributed by atoms with E-state index in [-0.39, 0.29) is 0 Å². The Kier molecular flexibility index (Phi) is 4.50. The number of benzene rings is 1. The summed E-state index contributed by atoms with van der Waals surface area (Å²) < 4.78 is 23.0. The first-order valence-electron chi connectivity index (χ1n) is 7.91. The highest BCUT2D eigenvalue weighted by atomic mass is 32.2. The predicted octanol–water partition coefficient (Wildman–Crippen LogP) is 2.35. The number of rotatable bonds is 3. The van der Waals surface area contributed by atoms with Crippen LogP contribution in [-0.4, -0.2) is 33.0 Å². The fourth-order valence-electron chi connectivity index (χ4n) is 3.31. The van der Waals surface area contributed by atoms with Crippen molar-refractivity contribution < 1.29 is 8.42 Å². The molecule has 2 aliphatic rings. The summed E-state index contributed by atoms with van der Waals surface area (Å²) in [7, 11) is -2.75. The Labute approximate surface area is 127 Å². The molecule has 0 amide bonds. The van der Waals surface area contributed by atoms with Crippen LogP contribution in [0.5, 0.6) is 0 Å². The van der Waals surface area contributed by atoms with Gasteiger partial charge in [0, 0.05) is 18.3 Å². The van der Waals surface area contributed by atoms with Gasteiger partial charge >= 0.3 is 0 Å². The first-order valence-corrected chi connectivity index (χ1v) is 9.73. The average molecular weight is 308 g/mol. The molecule has 2 heterocycles. The van der Waals surface area contributed by atoms with Crippen molar-refractivity contribution in [2.45, 2.75) is 31.7 Å². The Morgan fingerprint density at radius 3 is 2.71 bits per heavy atom. The summed E-state index contributed by atoms with van der Waals surface area (Å²) in [6.07, 6.45) is 3.91. The molecule has 0 radical (unpaired) electrons. The van der Waals surface area contributed by atoms with Crippen molar-refractivity contribution in [1.82, 2.24) is 5.32 Å². The van der Waals surface area contributed by atoms with Crippen LogP contribution in [0.25, 0.3) is 0 Å². The molecule has 0 aromatic heterocycles. The Morgan fingerprint density at radius 1 is 1.14 bits per heavy atom. The highest BCUT2D eigenvalue weighted by molar-refractivity contribution is 7.91. The first-order chi connectivity index (χ1) is 10.1. The fraction of sp³-hybridized carbons (Fsp3) is 0.625. The van der Waals surface area contributed by atoms with Crippen molar-refractivity contribution in [3.63, 3.8) is 0 Å². The highest BCUT2D eigenvalue weighted by Gasteiger charge is 2.25. The van der Waals surface area contributed by atoms with Gasteiger partial charge in [-0.2, -0.15) is 0 Å². The Balaban J connectivity index is 1.60. The summed E-state index contributed by atoms with van der Waals surface area (Å²) >= 11 is 0. The molecule has 2 N–H and O–H groups in total. The topological polar surface area (TPSA) is 58.2 Å². The van der Waals surface area contributed by atoms with Crippen molar-refractivity contribution >= 4 is 15.5 Å². The lowest BCUT2D eigenvalue weighted by atomic mass is 9.98. The molecule has 5 heteroatoms. The van der Waals surface area contributed by atoms with Crippen LogP contribution in [0.4, 0.5) is 5.69 Å². The average Bonchev–Trinajstić information content (AvgIpc) is 2.69. The summed E-state index contributed by atoms with van der Waals surface area (Å²) in [5.74, 6) is 1.22. The van der Waals surface area contributed by atoms with E-state index in [9.17, 15) is 8.42 Å². The van der Waals surface area contributed by atoms with Gasteiger partial charge in [-0.05, 0) is 49.8 Å². The van der Waals surface area contributed by atoms with E-state index >= 15 is 0 Å². The standard InChI is InChI=1S/C16H24N2O2S/c19-21(20)10-7-13(8-11-21)12-18-16-6-3-9-17-15-5-2-1-4-14(15)16/h1-2,4-5,13,16-18H,3,6-12H2/t16-/m1/s1. The molecule has 1 aromatic carbocycles. The second-order valence-electron chi connectivity index (χ2n) is 6.21. The lowest BCUT2D eigenvalue weighted by Gasteiger charge is -2.26. The van der Waals surface area contributed by atoms with E-state index < -0.39 is 9.84 Å². The molecule has 3 rings (SSSR count). The highest BCUT2D eigenvalue weighted by Crippen LogP contribution is 2.29. The maximum Gasteiger partial charge on any atom is 0.150 e. The molecule has 0 spiro atoms. The second-order valence-corrected chi connectivity index (χ2v) is 8.52. The van der Waals surface area contributed by atoms with E-state index in [1.165, 1.54) is 11.3 Å². The summed E-state index contributed by atoms with van der Waals surface area (Å²) in [4.78, 5) is 0. The van der Waals surface area contributed by atoms with Crippen LogP contribution in [0.1, 0.15) is 37.3 Å². The van der Waals surface area contributed by atoms with Crippen LogP contribution in [0, 0.1) is 5.92 Å². The van der Waals surface area contributed by atoms with Crippen LogP contribution in [0.15, 0.2) is 24.3 Å². The maximum atomic E-state index is 11.5. The molecule has 116 valence electrons. The van der Waals surface area contributed by atoms with E-state index in [0.717, 1.165) is 38.8 Å². The minimum atomic E-state index is -2.75. The number of fused-ring (bicyclic) bond motifs is 1. The SMILES string of the molecule is O=S1(=O)CCC(CN[C@@H]2CCCNc3ccccc32)CC1. The van der Waals surface area contributed by atoms with Gasteiger partial charge in [0.05, 0.1) is 11.5 Å². The molecule has 1 fully saturated rings. The van der Waals surface area contributed by atoms with Gasteiger partial charge in [0.2, 0.25) is 0 Å². The van der Waals surface area contributed by atoms with Crippen LogP contribution in [-0.2, 0) is 9.84 Å². The van der Waals surface area contributed by atoms with Crippen LogP contribution < -0.4 is 10.6 Å². The maximum absolute atomic E-state index is 11.5. The zero-order valence-corrected chi connectivity index (χ0v) is 13.2. The third-order valence-corrected chi connectivity index (χ3v) is 6.36. The molecule has 0 unspecified atom stereocenters. The molecule has 1 aromatic rings. The third-order valence-electron chi connectivity index (χ3n) is 4.65. The number of sulfone groups is 1. The monoisotopic (exact) mass is 308 g/mol. The largest absolute Gasteiger partial charge is 0.385 e. The van der Waals surface area contributed by atoms with Gasteiger partial charge in [-0.15, -0.1) is 0 Å². The van der Waals surface area contributed by atoms with Crippen molar-refractivity contribution in [3.8, 4) is 0 Å². The van der Waals surface area contributed by atoms with Crippen LogP contribution in [0.2, 0.25) is 0 Å². The van der Waals surface area contributed by atoms with Crippen molar-refractivity contribution in [1.29, 1.82) is 0 Å². The van der Waals surface area contributed by atoms with Gasteiger partial charge in [0.25, 0.3) is 0 Å². The van der Waals surface area contributed by atoms with E-state index in [1.54, 1.807) is 0 Å². The molecule has 2 aliphatic heterocycles. The Morgan fingerprint density at radius 2 is 1.90 bits per heavy atom. The second kappa shape index (κ2) is 6.36. The number of hydrogen-bond donors (Lipinski definition) is 2. The summed E-state index contributed by atoms with van der Waals surface area (Å²) in [5.41, 5.74) is 2.58. The predicted molar refractivity (Wildman–Crippen MR) is 86.3 cm³/mol. The quantitative estimate of drug-likeness (QED) is 0.900. The zero-order chi connectivity index (χ0) is 14.7. The molecule has 0 saturated carbocycles. The molecule has 1 atom stereocenters. The van der Waals surface area contributed by atoms with Gasteiger partial charge in [-0.3, -0.25) is 0 Å². The van der Waals surface area contributed by atoms with Gasteiger partial charge in [0.1, 0.15) is 9.84 Å². The van der Waals surface area contributed by atoms with Crippen LogP contribution in [0.3, 0.4) is 0 Å². The summed E-state index contributed by atoms with van der Waals surface area (Å²) in [6.45, 7) is 1.95. The fourth-order valence-corrected chi connectivity index (χ4v) is 4.90. The smallest absolute Gasteiger partial charge is 0.150 e. The minimum absolute atomic E-state index is 0.363. The summed E-state index contributed by atoms with van der Waals surface area (Å²) in [6, 6.07) is 8.88. The van der Waals surface area contributed by atoms with E-state index in [0.29, 0.717) is 23.5 Å².